The highest BCUT2D eigenvalue weighted by atomic mass is 16.3. The average Bonchev–Trinajstić information content (AvgIpc) is 2.87. The maximum Gasteiger partial charge on any atom is 0.254 e. The van der Waals surface area contributed by atoms with E-state index in [1.807, 2.05) is 42.5 Å². The highest BCUT2D eigenvalue weighted by Gasteiger charge is 2.32. The third-order valence-corrected chi connectivity index (χ3v) is 3.79. The monoisotopic (exact) mass is 283 g/mol. The summed E-state index contributed by atoms with van der Waals surface area (Å²) < 4.78 is 0. The Bertz CT molecular complexity index is 614. The number of β-amino-alcohol motifs (C(OH)–C–C–N with tert-alkyl or cyclic N) is 2. The lowest BCUT2D eigenvalue weighted by Crippen LogP contribution is -2.29. The van der Waals surface area contributed by atoms with Crippen molar-refractivity contribution in [2.75, 3.05) is 13.1 Å². The fourth-order valence-electron chi connectivity index (χ4n) is 2.55. The van der Waals surface area contributed by atoms with Gasteiger partial charge >= 0.3 is 0 Å². The number of carbonyl (C=O) groups is 1. The summed E-state index contributed by atoms with van der Waals surface area (Å²) in [5.74, 6) is -0.162. The lowest BCUT2D eigenvalue weighted by molar-refractivity contribution is 0.0572. The number of aliphatic hydroxyl groups is 2. The van der Waals surface area contributed by atoms with E-state index in [2.05, 4.69) is 0 Å². The summed E-state index contributed by atoms with van der Waals surface area (Å²) in [6, 6.07) is 17.3. The van der Waals surface area contributed by atoms with Crippen molar-refractivity contribution in [3.8, 4) is 11.1 Å². The molecule has 1 aliphatic heterocycles. The molecule has 4 nitrogen and oxygen atoms in total. The third-order valence-electron chi connectivity index (χ3n) is 3.79. The van der Waals surface area contributed by atoms with Crippen molar-refractivity contribution in [2.45, 2.75) is 12.2 Å². The summed E-state index contributed by atoms with van der Waals surface area (Å²) in [6.45, 7) is 0.362. The van der Waals surface area contributed by atoms with E-state index >= 15 is 0 Å². The Morgan fingerprint density at radius 2 is 1.38 bits per heavy atom. The molecule has 0 bridgehead atoms. The lowest BCUT2D eigenvalue weighted by Gasteiger charge is -2.15. The molecule has 1 fully saturated rings. The molecule has 3 rings (SSSR count). The Labute approximate surface area is 123 Å². The molecule has 0 unspecified atom stereocenters. The number of benzene rings is 2. The first-order valence-electron chi connectivity index (χ1n) is 6.96. The van der Waals surface area contributed by atoms with Crippen LogP contribution in [0.2, 0.25) is 0 Å². The van der Waals surface area contributed by atoms with Crippen molar-refractivity contribution in [3.63, 3.8) is 0 Å². The summed E-state index contributed by atoms with van der Waals surface area (Å²) in [7, 11) is 0. The Morgan fingerprint density at radius 1 is 0.857 bits per heavy atom. The quantitative estimate of drug-likeness (QED) is 0.878. The number of rotatable bonds is 2. The van der Waals surface area contributed by atoms with Crippen LogP contribution < -0.4 is 0 Å². The van der Waals surface area contributed by atoms with Gasteiger partial charge in [0.25, 0.3) is 5.91 Å². The minimum absolute atomic E-state index is 0.162. The van der Waals surface area contributed by atoms with Crippen molar-refractivity contribution in [1.29, 1.82) is 0 Å². The zero-order valence-corrected chi connectivity index (χ0v) is 11.5. The van der Waals surface area contributed by atoms with Gasteiger partial charge in [-0.1, -0.05) is 42.5 Å². The first-order valence-corrected chi connectivity index (χ1v) is 6.96. The standard InChI is InChI=1S/C17H17NO3/c19-15-10-18(11-16(15)20)17(21)14-8-6-13(7-9-14)12-4-2-1-3-5-12/h1-9,15-16,19-20H,10-11H2/t15-,16+. The summed E-state index contributed by atoms with van der Waals surface area (Å²) in [6.07, 6.45) is -1.70. The first-order chi connectivity index (χ1) is 10.1. The largest absolute Gasteiger partial charge is 0.388 e. The number of likely N-dealkylation sites (tertiary alicyclic amines) is 1. The average molecular weight is 283 g/mol. The Kier molecular flexibility index (Phi) is 3.73. The summed E-state index contributed by atoms with van der Waals surface area (Å²) in [5, 5.41) is 19.0. The van der Waals surface area contributed by atoms with Gasteiger partial charge in [-0.25, -0.2) is 0 Å². The van der Waals surface area contributed by atoms with E-state index in [1.165, 1.54) is 4.90 Å². The number of nitrogens with zero attached hydrogens (tertiary/aromatic N) is 1. The van der Waals surface area contributed by atoms with Gasteiger partial charge in [-0.2, -0.15) is 0 Å². The number of hydrogen-bond acceptors (Lipinski definition) is 3. The van der Waals surface area contributed by atoms with E-state index in [0.717, 1.165) is 11.1 Å². The second-order valence-corrected chi connectivity index (χ2v) is 5.29. The van der Waals surface area contributed by atoms with Gasteiger partial charge < -0.3 is 15.1 Å². The third kappa shape index (κ3) is 2.82. The smallest absolute Gasteiger partial charge is 0.254 e. The van der Waals surface area contributed by atoms with Crippen LogP contribution in [0.3, 0.4) is 0 Å². The molecule has 21 heavy (non-hydrogen) atoms. The molecule has 0 spiro atoms. The van der Waals surface area contributed by atoms with Crippen molar-refractivity contribution >= 4 is 5.91 Å². The molecule has 1 amide bonds. The predicted molar refractivity (Wildman–Crippen MR) is 79.8 cm³/mol. The molecule has 1 heterocycles. The number of carbonyl (C=O) groups excluding carboxylic acids is 1. The molecule has 0 radical (unpaired) electrons. The Balaban J connectivity index is 1.77. The molecule has 4 heteroatoms. The minimum atomic E-state index is -0.849. The molecule has 1 saturated heterocycles. The Morgan fingerprint density at radius 3 is 1.95 bits per heavy atom. The summed E-state index contributed by atoms with van der Waals surface area (Å²) in [5.41, 5.74) is 2.72. The van der Waals surface area contributed by atoms with Crippen LogP contribution in [-0.2, 0) is 0 Å². The van der Waals surface area contributed by atoms with Gasteiger partial charge in [-0.05, 0) is 23.3 Å². The summed E-state index contributed by atoms with van der Waals surface area (Å²) in [4.78, 5) is 13.8. The zero-order chi connectivity index (χ0) is 14.8. The van der Waals surface area contributed by atoms with E-state index in [9.17, 15) is 15.0 Å². The number of amides is 1. The van der Waals surface area contributed by atoms with Crippen LogP contribution in [0.5, 0.6) is 0 Å². The van der Waals surface area contributed by atoms with Gasteiger partial charge in [0.15, 0.2) is 0 Å². The minimum Gasteiger partial charge on any atom is -0.388 e. The fraction of sp³-hybridized carbons (Fsp3) is 0.235. The van der Waals surface area contributed by atoms with Crippen molar-refractivity contribution in [1.82, 2.24) is 4.90 Å². The topological polar surface area (TPSA) is 60.8 Å². The van der Waals surface area contributed by atoms with Crippen LogP contribution in [0, 0.1) is 0 Å². The SMILES string of the molecule is O=C(c1ccc(-c2ccccc2)cc1)N1C[C@@H](O)[C@@H](O)C1. The van der Waals surface area contributed by atoms with Crippen LogP contribution in [0.25, 0.3) is 11.1 Å². The van der Waals surface area contributed by atoms with Crippen molar-refractivity contribution in [3.05, 3.63) is 60.2 Å². The van der Waals surface area contributed by atoms with E-state index in [4.69, 9.17) is 0 Å². The van der Waals surface area contributed by atoms with Gasteiger partial charge in [0.2, 0.25) is 0 Å². The van der Waals surface area contributed by atoms with E-state index < -0.39 is 12.2 Å². The maximum absolute atomic E-state index is 12.3. The van der Waals surface area contributed by atoms with Crippen LogP contribution >= 0.6 is 0 Å². The first kappa shape index (κ1) is 13.8. The second kappa shape index (κ2) is 5.68. The van der Waals surface area contributed by atoms with Gasteiger partial charge in [0.05, 0.1) is 12.2 Å². The van der Waals surface area contributed by atoms with Gasteiger partial charge in [-0.3, -0.25) is 4.79 Å². The van der Waals surface area contributed by atoms with Crippen LogP contribution in [0.4, 0.5) is 0 Å². The number of hydrogen-bond donors (Lipinski definition) is 2. The van der Waals surface area contributed by atoms with Crippen LogP contribution in [0.15, 0.2) is 54.6 Å². The molecule has 0 saturated carbocycles. The van der Waals surface area contributed by atoms with Gasteiger partial charge in [-0.15, -0.1) is 0 Å². The maximum atomic E-state index is 12.3. The molecule has 2 aromatic rings. The van der Waals surface area contributed by atoms with Crippen LogP contribution in [-0.4, -0.2) is 46.3 Å². The predicted octanol–water partition coefficient (Wildman–Crippen LogP) is 1.53. The molecular weight excluding hydrogens is 266 g/mol. The molecule has 2 N–H and O–H groups in total. The normalized spacial score (nSPS) is 21.5. The van der Waals surface area contributed by atoms with Crippen molar-refractivity contribution in [2.24, 2.45) is 0 Å². The molecule has 2 atom stereocenters. The van der Waals surface area contributed by atoms with Crippen molar-refractivity contribution < 1.29 is 15.0 Å². The molecular formula is C17H17NO3. The molecule has 0 aliphatic carbocycles. The van der Waals surface area contributed by atoms with Gasteiger partial charge in [0.1, 0.15) is 0 Å². The fourth-order valence-corrected chi connectivity index (χ4v) is 2.55. The van der Waals surface area contributed by atoms with E-state index in [-0.39, 0.29) is 19.0 Å². The molecule has 108 valence electrons. The van der Waals surface area contributed by atoms with E-state index in [1.54, 1.807) is 12.1 Å². The number of aliphatic hydroxyl groups excluding tert-OH is 2. The second-order valence-electron chi connectivity index (χ2n) is 5.29. The molecule has 1 aliphatic rings. The molecule has 2 aromatic carbocycles. The Hall–Kier alpha value is -2.17. The van der Waals surface area contributed by atoms with E-state index in [0.29, 0.717) is 5.56 Å². The lowest BCUT2D eigenvalue weighted by atomic mass is 10.0. The molecule has 0 aromatic heterocycles. The zero-order valence-electron chi connectivity index (χ0n) is 11.5. The summed E-state index contributed by atoms with van der Waals surface area (Å²) >= 11 is 0. The highest BCUT2D eigenvalue weighted by Crippen LogP contribution is 2.21. The highest BCUT2D eigenvalue weighted by molar-refractivity contribution is 5.95. The van der Waals surface area contributed by atoms with Gasteiger partial charge in [0, 0.05) is 18.7 Å². The van der Waals surface area contributed by atoms with Crippen LogP contribution in [0.1, 0.15) is 10.4 Å².